The summed E-state index contributed by atoms with van der Waals surface area (Å²) in [6.45, 7) is 1.83. The number of aromatic nitrogens is 4. The second-order valence-electron chi connectivity index (χ2n) is 6.63. The zero-order valence-corrected chi connectivity index (χ0v) is 17.0. The van der Waals surface area contributed by atoms with Crippen molar-refractivity contribution in [2.24, 2.45) is 0 Å². The van der Waals surface area contributed by atoms with Crippen LogP contribution in [-0.4, -0.2) is 25.7 Å². The Kier molecular flexibility index (Phi) is 5.72. The van der Waals surface area contributed by atoms with E-state index in [9.17, 15) is 4.79 Å². The SMILES string of the molecule is Cc1nc(Nc2ccc(NC(=O)Cc3ccccc3Cl)cc2)cc(-n2cccn2)n1. The fraction of sp³-hybridized carbons (Fsp3) is 0.0909. The van der Waals surface area contributed by atoms with Crippen molar-refractivity contribution in [3.8, 4) is 5.82 Å². The van der Waals surface area contributed by atoms with E-state index < -0.39 is 0 Å². The summed E-state index contributed by atoms with van der Waals surface area (Å²) >= 11 is 6.12. The highest BCUT2D eigenvalue weighted by Gasteiger charge is 2.08. The summed E-state index contributed by atoms with van der Waals surface area (Å²) < 4.78 is 1.68. The number of amides is 1. The summed E-state index contributed by atoms with van der Waals surface area (Å²) in [6.07, 6.45) is 3.74. The molecule has 0 saturated heterocycles. The van der Waals surface area contributed by atoms with Gasteiger partial charge in [-0.1, -0.05) is 29.8 Å². The van der Waals surface area contributed by atoms with Gasteiger partial charge in [-0.05, 0) is 48.9 Å². The first kappa shape index (κ1) is 19.6. The summed E-state index contributed by atoms with van der Waals surface area (Å²) in [6, 6.07) is 18.4. The molecule has 2 N–H and O–H groups in total. The van der Waals surface area contributed by atoms with Crippen molar-refractivity contribution in [2.75, 3.05) is 10.6 Å². The zero-order valence-electron chi connectivity index (χ0n) is 16.2. The molecule has 8 heteroatoms. The van der Waals surface area contributed by atoms with Crippen LogP contribution < -0.4 is 10.6 Å². The highest BCUT2D eigenvalue weighted by molar-refractivity contribution is 6.31. The summed E-state index contributed by atoms with van der Waals surface area (Å²) in [4.78, 5) is 21.1. The number of nitrogens with one attached hydrogen (secondary N) is 2. The molecule has 4 aromatic rings. The van der Waals surface area contributed by atoms with Gasteiger partial charge in [0.1, 0.15) is 11.6 Å². The molecule has 0 aliphatic rings. The van der Waals surface area contributed by atoms with Crippen molar-refractivity contribution >= 4 is 34.7 Å². The van der Waals surface area contributed by atoms with Crippen molar-refractivity contribution in [1.29, 1.82) is 0 Å². The van der Waals surface area contributed by atoms with Gasteiger partial charge < -0.3 is 10.6 Å². The van der Waals surface area contributed by atoms with Crippen molar-refractivity contribution in [3.63, 3.8) is 0 Å². The van der Waals surface area contributed by atoms with Gasteiger partial charge in [-0.15, -0.1) is 0 Å². The van der Waals surface area contributed by atoms with E-state index in [0.717, 1.165) is 11.3 Å². The van der Waals surface area contributed by atoms with Gasteiger partial charge in [0.05, 0.1) is 6.42 Å². The topological polar surface area (TPSA) is 84.7 Å². The van der Waals surface area contributed by atoms with E-state index in [0.29, 0.717) is 28.2 Å². The lowest BCUT2D eigenvalue weighted by atomic mass is 10.1. The average Bonchev–Trinajstić information content (AvgIpc) is 3.26. The molecule has 0 unspecified atom stereocenters. The average molecular weight is 419 g/mol. The Morgan fingerprint density at radius 3 is 2.53 bits per heavy atom. The molecule has 0 spiro atoms. The predicted octanol–water partition coefficient (Wildman–Crippen LogP) is 4.55. The number of hydrogen-bond acceptors (Lipinski definition) is 5. The molecule has 0 atom stereocenters. The fourth-order valence-electron chi connectivity index (χ4n) is 2.94. The number of carbonyl (C=O) groups is 1. The van der Waals surface area contributed by atoms with Crippen molar-refractivity contribution in [3.05, 3.63) is 89.5 Å². The van der Waals surface area contributed by atoms with Crippen LogP contribution in [0.15, 0.2) is 73.1 Å². The normalized spacial score (nSPS) is 10.6. The van der Waals surface area contributed by atoms with Gasteiger partial charge in [0, 0.05) is 34.9 Å². The third kappa shape index (κ3) is 4.82. The van der Waals surface area contributed by atoms with E-state index in [2.05, 4.69) is 25.7 Å². The molecule has 0 radical (unpaired) electrons. The van der Waals surface area contributed by atoms with Crippen LogP contribution in [0, 0.1) is 6.92 Å². The van der Waals surface area contributed by atoms with Crippen LogP contribution in [0.2, 0.25) is 5.02 Å². The molecule has 2 aromatic heterocycles. The lowest BCUT2D eigenvalue weighted by Crippen LogP contribution is -2.14. The van der Waals surface area contributed by atoms with Gasteiger partial charge >= 0.3 is 0 Å². The van der Waals surface area contributed by atoms with Crippen LogP contribution in [0.25, 0.3) is 5.82 Å². The quantitative estimate of drug-likeness (QED) is 0.480. The Morgan fingerprint density at radius 2 is 1.80 bits per heavy atom. The van der Waals surface area contributed by atoms with Gasteiger partial charge in [0.15, 0.2) is 5.82 Å². The van der Waals surface area contributed by atoms with E-state index in [1.165, 1.54) is 0 Å². The first-order valence-electron chi connectivity index (χ1n) is 9.33. The number of benzene rings is 2. The maximum absolute atomic E-state index is 12.3. The summed E-state index contributed by atoms with van der Waals surface area (Å²) in [5.41, 5.74) is 2.33. The smallest absolute Gasteiger partial charge is 0.228 e. The zero-order chi connectivity index (χ0) is 20.9. The van der Waals surface area contributed by atoms with Crippen LogP contribution in [0.1, 0.15) is 11.4 Å². The molecule has 0 saturated carbocycles. The molecule has 7 nitrogen and oxygen atoms in total. The van der Waals surface area contributed by atoms with E-state index >= 15 is 0 Å². The molecule has 0 fully saturated rings. The van der Waals surface area contributed by atoms with Crippen molar-refractivity contribution < 1.29 is 4.79 Å². The Bertz CT molecular complexity index is 1160. The number of halogens is 1. The van der Waals surface area contributed by atoms with Gasteiger partial charge in [0.2, 0.25) is 5.91 Å². The van der Waals surface area contributed by atoms with Gasteiger partial charge in [-0.25, -0.2) is 14.6 Å². The Balaban J connectivity index is 1.42. The van der Waals surface area contributed by atoms with Crippen molar-refractivity contribution in [1.82, 2.24) is 19.7 Å². The first-order chi connectivity index (χ1) is 14.6. The highest BCUT2D eigenvalue weighted by Crippen LogP contribution is 2.20. The third-order valence-corrected chi connectivity index (χ3v) is 4.68. The second kappa shape index (κ2) is 8.75. The minimum absolute atomic E-state index is 0.126. The molecule has 0 bridgehead atoms. The second-order valence-corrected chi connectivity index (χ2v) is 7.04. The summed E-state index contributed by atoms with van der Waals surface area (Å²) in [5.74, 6) is 1.84. The summed E-state index contributed by atoms with van der Waals surface area (Å²) in [5, 5.41) is 10.9. The fourth-order valence-corrected chi connectivity index (χ4v) is 3.14. The van der Waals surface area contributed by atoms with Gasteiger partial charge in [-0.2, -0.15) is 5.10 Å². The maximum atomic E-state index is 12.3. The molecule has 0 aliphatic carbocycles. The summed E-state index contributed by atoms with van der Waals surface area (Å²) in [7, 11) is 0. The predicted molar refractivity (Wildman–Crippen MR) is 117 cm³/mol. The Morgan fingerprint density at radius 1 is 1.03 bits per heavy atom. The standard InChI is InChI=1S/C22H19ClN6O/c1-15-25-20(14-21(26-15)29-12-4-11-24-29)27-17-7-9-18(10-8-17)28-22(30)13-16-5-2-3-6-19(16)23/h2-12,14H,13H2,1H3,(H,28,30)(H,25,26,27). The minimum Gasteiger partial charge on any atom is -0.340 e. The minimum atomic E-state index is -0.126. The monoisotopic (exact) mass is 418 g/mol. The van der Waals surface area contributed by atoms with Crippen molar-refractivity contribution in [2.45, 2.75) is 13.3 Å². The number of nitrogens with zero attached hydrogens (tertiary/aromatic N) is 4. The Hall–Kier alpha value is -3.71. The molecule has 30 heavy (non-hydrogen) atoms. The molecule has 4 rings (SSSR count). The maximum Gasteiger partial charge on any atom is 0.228 e. The van der Waals surface area contributed by atoms with E-state index in [-0.39, 0.29) is 12.3 Å². The van der Waals surface area contributed by atoms with Crippen LogP contribution in [-0.2, 0) is 11.2 Å². The molecule has 150 valence electrons. The number of rotatable bonds is 6. The molecular formula is C22H19ClN6O. The molecule has 0 aliphatic heterocycles. The number of hydrogen-bond donors (Lipinski definition) is 2. The van der Waals surface area contributed by atoms with Crippen LogP contribution in [0.5, 0.6) is 0 Å². The van der Waals surface area contributed by atoms with E-state index in [1.54, 1.807) is 16.9 Å². The lowest BCUT2D eigenvalue weighted by Gasteiger charge is -2.10. The Labute approximate surface area is 178 Å². The number of carbonyl (C=O) groups excluding carboxylic acids is 1. The molecule has 2 aromatic carbocycles. The van der Waals surface area contributed by atoms with E-state index in [1.807, 2.05) is 67.7 Å². The number of aryl methyl sites for hydroxylation is 1. The number of anilines is 3. The molecule has 2 heterocycles. The molecular weight excluding hydrogens is 400 g/mol. The van der Waals surface area contributed by atoms with Crippen LogP contribution in [0.3, 0.4) is 0 Å². The van der Waals surface area contributed by atoms with E-state index in [4.69, 9.17) is 11.6 Å². The first-order valence-corrected chi connectivity index (χ1v) is 9.71. The third-order valence-electron chi connectivity index (χ3n) is 4.31. The highest BCUT2D eigenvalue weighted by atomic mass is 35.5. The van der Waals surface area contributed by atoms with Crippen LogP contribution >= 0.6 is 11.6 Å². The largest absolute Gasteiger partial charge is 0.340 e. The van der Waals surface area contributed by atoms with Gasteiger partial charge in [0.25, 0.3) is 0 Å². The molecule has 1 amide bonds. The lowest BCUT2D eigenvalue weighted by molar-refractivity contribution is -0.115. The van der Waals surface area contributed by atoms with Crippen LogP contribution in [0.4, 0.5) is 17.2 Å². The van der Waals surface area contributed by atoms with Gasteiger partial charge in [-0.3, -0.25) is 4.79 Å².